The molecule has 1 rings (SSSR count). The maximum Gasteiger partial charge on any atom is 0.253 e. The van der Waals surface area contributed by atoms with E-state index in [1.807, 2.05) is 6.92 Å². The lowest BCUT2D eigenvalue weighted by molar-refractivity contribution is 0.0936. The van der Waals surface area contributed by atoms with E-state index in [9.17, 15) is 4.79 Å². The van der Waals surface area contributed by atoms with Crippen molar-refractivity contribution >= 4 is 17.5 Å². The van der Waals surface area contributed by atoms with E-state index in [2.05, 4.69) is 10.3 Å². The van der Waals surface area contributed by atoms with Gasteiger partial charge in [-0.25, -0.2) is 0 Å². The van der Waals surface area contributed by atoms with E-state index in [1.165, 1.54) is 12.4 Å². The minimum Gasteiger partial charge on any atom is -0.396 e. The molecule has 0 saturated carbocycles. The number of hydrogen-bond donors (Lipinski definition) is 2. The molecule has 0 fully saturated rings. The van der Waals surface area contributed by atoms with Crippen LogP contribution in [0.15, 0.2) is 18.5 Å². The van der Waals surface area contributed by atoms with Crippen molar-refractivity contribution in [2.45, 2.75) is 25.8 Å². The van der Waals surface area contributed by atoms with Gasteiger partial charge in [-0.2, -0.15) is 0 Å². The molecule has 0 aliphatic rings. The first-order valence-electron chi connectivity index (χ1n) is 5.16. The zero-order chi connectivity index (χ0) is 12.0. The summed E-state index contributed by atoms with van der Waals surface area (Å²) in [6, 6.07) is 1.60. The fourth-order valence-electron chi connectivity index (χ4n) is 1.33. The van der Waals surface area contributed by atoms with E-state index in [4.69, 9.17) is 16.7 Å². The molecule has 1 heterocycles. The van der Waals surface area contributed by atoms with Crippen LogP contribution in [-0.4, -0.2) is 28.6 Å². The Labute approximate surface area is 99.6 Å². The standard InChI is InChI=1S/C11H15ClN2O2/c1-8(3-2-6-15)14-11(16)9-4-5-13-7-10(9)12/h4-5,7-8,15H,2-3,6H2,1H3,(H,14,16). The Hall–Kier alpha value is -1.13. The third-order valence-electron chi connectivity index (χ3n) is 2.19. The van der Waals surface area contributed by atoms with Crippen molar-refractivity contribution in [2.24, 2.45) is 0 Å². The Morgan fingerprint density at radius 3 is 3.06 bits per heavy atom. The van der Waals surface area contributed by atoms with Crippen molar-refractivity contribution in [1.82, 2.24) is 10.3 Å². The molecular formula is C11H15ClN2O2. The molecule has 0 spiro atoms. The summed E-state index contributed by atoms with van der Waals surface area (Å²) in [5.41, 5.74) is 0.424. The Bertz CT molecular complexity index is 358. The number of pyridine rings is 1. The molecular weight excluding hydrogens is 228 g/mol. The zero-order valence-electron chi connectivity index (χ0n) is 9.11. The molecule has 1 aromatic rings. The number of nitrogens with one attached hydrogen (secondary N) is 1. The van der Waals surface area contributed by atoms with Gasteiger partial charge in [0.05, 0.1) is 10.6 Å². The van der Waals surface area contributed by atoms with Crippen molar-refractivity contribution in [2.75, 3.05) is 6.61 Å². The van der Waals surface area contributed by atoms with Gasteiger partial charge in [-0.15, -0.1) is 0 Å². The van der Waals surface area contributed by atoms with Crippen molar-refractivity contribution in [3.05, 3.63) is 29.0 Å². The molecule has 0 aliphatic heterocycles. The summed E-state index contributed by atoms with van der Waals surface area (Å²) in [5, 5.41) is 11.8. The van der Waals surface area contributed by atoms with Gasteiger partial charge in [-0.1, -0.05) is 11.6 Å². The number of aliphatic hydroxyl groups is 1. The predicted octanol–water partition coefficient (Wildman–Crippen LogP) is 1.63. The molecule has 1 aromatic heterocycles. The van der Waals surface area contributed by atoms with Gasteiger partial charge in [0, 0.05) is 25.0 Å². The van der Waals surface area contributed by atoms with E-state index in [-0.39, 0.29) is 18.6 Å². The molecule has 5 heteroatoms. The second-order valence-corrected chi connectivity index (χ2v) is 4.00. The highest BCUT2D eigenvalue weighted by atomic mass is 35.5. The molecule has 1 amide bonds. The van der Waals surface area contributed by atoms with Crippen molar-refractivity contribution in [3.8, 4) is 0 Å². The summed E-state index contributed by atoms with van der Waals surface area (Å²) in [6.45, 7) is 2.03. The van der Waals surface area contributed by atoms with Gasteiger partial charge in [0.15, 0.2) is 0 Å². The summed E-state index contributed by atoms with van der Waals surface area (Å²) < 4.78 is 0. The quantitative estimate of drug-likeness (QED) is 0.825. The minimum atomic E-state index is -0.210. The van der Waals surface area contributed by atoms with E-state index in [1.54, 1.807) is 6.07 Å². The molecule has 0 aliphatic carbocycles. The number of rotatable bonds is 5. The van der Waals surface area contributed by atoms with Crippen LogP contribution in [0.4, 0.5) is 0 Å². The van der Waals surface area contributed by atoms with E-state index < -0.39 is 0 Å². The lowest BCUT2D eigenvalue weighted by Crippen LogP contribution is -2.32. The topological polar surface area (TPSA) is 62.2 Å². The monoisotopic (exact) mass is 242 g/mol. The van der Waals surface area contributed by atoms with Crippen molar-refractivity contribution < 1.29 is 9.90 Å². The molecule has 88 valence electrons. The van der Waals surface area contributed by atoms with E-state index in [0.717, 1.165) is 6.42 Å². The summed E-state index contributed by atoms with van der Waals surface area (Å²) in [6.07, 6.45) is 4.38. The lowest BCUT2D eigenvalue weighted by Gasteiger charge is -2.13. The van der Waals surface area contributed by atoms with Crippen LogP contribution < -0.4 is 5.32 Å². The Balaban J connectivity index is 2.56. The highest BCUT2D eigenvalue weighted by Gasteiger charge is 2.12. The number of amides is 1. The maximum absolute atomic E-state index is 11.8. The highest BCUT2D eigenvalue weighted by Crippen LogP contribution is 2.13. The fourth-order valence-corrected chi connectivity index (χ4v) is 1.54. The van der Waals surface area contributed by atoms with E-state index >= 15 is 0 Å². The molecule has 0 radical (unpaired) electrons. The normalized spacial score (nSPS) is 12.2. The molecule has 0 saturated heterocycles. The van der Waals surface area contributed by atoms with Crippen molar-refractivity contribution in [1.29, 1.82) is 0 Å². The van der Waals surface area contributed by atoms with E-state index in [0.29, 0.717) is 17.0 Å². The number of aromatic nitrogens is 1. The van der Waals surface area contributed by atoms with Gasteiger partial charge in [-0.3, -0.25) is 9.78 Å². The Morgan fingerprint density at radius 1 is 1.69 bits per heavy atom. The van der Waals surface area contributed by atoms with Crippen LogP contribution in [0.3, 0.4) is 0 Å². The van der Waals surface area contributed by atoms with Crippen LogP contribution in [0, 0.1) is 0 Å². The zero-order valence-corrected chi connectivity index (χ0v) is 9.87. The van der Waals surface area contributed by atoms with Gasteiger partial charge >= 0.3 is 0 Å². The van der Waals surface area contributed by atoms with Gasteiger partial charge in [0.1, 0.15) is 0 Å². The van der Waals surface area contributed by atoms with Crippen LogP contribution in [0.5, 0.6) is 0 Å². The van der Waals surface area contributed by atoms with Crippen LogP contribution in [0.2, 0.25) is 5.02 Å². The first-order chi connectivity index (χ1) is 7.65. The van der Waals surface area contributed by atoms with Gasteiger partial charge < -0.3 is 10.4 Å². The average Bonchev–Trinajstić information content (AvgIpc) is 2.26. The molecule has 4 nitrogen and oxygen atoms in total. The smallest absolute Gasteiger partial charge is 0.253 e. The second kappa shape index (κ2) is 6.45. The molecule has 0 aromatic carbocycles. The molecule has 1 unspecified atom stereocenters. The summed E-state index contributed by atoms with van der Waals surface area (Å²) in [7, 11) is 0. The molecule has 2 N–H and O–H groups in total. The first-order valence-corrected chi connectivity index (χ1v) is 5.54. The van der Waals surface area contributed by atoms with Gasteiger partial charge in [0.2, 0.25) is 0 Å². The second-order valence-electron chi connectivity index (χ2n) is 3.60. The lowest BCUT2D eigenvalue weighted by atomic mass is 10.1. The number of carbonyl (C=O) groups excluding carboxylic acids is 1. The first kappa shape index (κ1) is 12.9. The average molecular weight is 243 g/mol. The predicted molar refractivity (Wildman–Crippen MR) is 62.5 cm³/mol. The number of hydrogen-bond acceptors (Lipinski definition) is 3. The van der Waals surface area contributed by atoms with Gasteiger partial charge in [-0.05, 0) is 25.8 Å². The highest BCUT2D eigenvalue weighted by molar-refractivity contribution is 6.33. The SMILES string of the molecule is CC(CCCO)NC(=O)c1ccncc1Cl. The summed E-state index contributed by atoms with van der Waals surface area (Å²) in [4.78, 5) is 15.6. The Kier molecular flexibility index (Phi) is 5.22. The van der Waals surface area contributed by atoms with Crippen molar-refractivity contribution in [3.63, 3.8) is 0 Å². The molecule has 1 atom stereocenters. The summed E-state index contributed by atoms with van der Waals surface area (Å²) >= 11 is 5.84. The number of carbonyl (C=O) groups is 1. The number of halogens is 1. The largest absolute Gasteiger partial charge is 0.396 e. The number of nitrogens with zero attached hydrogens (tertiary/aromatic N) is 1. The van der Waals surface area contributed by atoms with Gasteiger partial charge in [0.25, 0.3) is 5.91 Å². The Morgan fingerprint density at radius 2 is 2.44 bits per heavy atom. The van der Waals surface area contributed by atoms with Crippen LogP contribution in [-0.2, 0) is 0 Å². The molecule has 16 heavy (non-hydrogen) atoms. The molecule has 0 bridgehead atoms. The number of aliphatic hydroxyl groups excluding tert-OH is 1. The fraction of sp³-hybridized carbons (Fsp3) is 0.455. The maximum atomic E-state index is 11.8. The minimum absolute atomic E-state index is 0.0175. The third kappa shape index (κ3) is 3.79. The van der Waals surface area contributed by atoms with Crippen LogP contribution in [0.1, 0.15) is 30.1 Å². The summed E-state index contributed by atoms with van der Waals surface area (Å²) in [5.74, 6) is -0.210. The van der Waals surface area contributed by atoms with Crippen LogP contribution >= 0.6 is 11.6 Å². The van der Waals surface area contributed by atoms with Crippen LogP contribution in [0.25, 0.3) is 0 Å². The third-order valence-corrected chi connectivity index (χ3v) is 2.49.